The highest BCUT2D eigenvalue weighted by molar-refractivity contribution is 6.06. The Morgan fingerprint density at radius 3 is 2.41 bits per heavy atom. The number of carboxylic acid groups (broad SMARTS) is 2. The first-order chi connectivity index (χ1) is 10.3. The number of amides is 1. The lowest BCUT2D eigenvalue weighted by Crippen LogP contribution is -2.61. The molecule has 0 saturated heterocycles. The Labute approximate surface area is 125 Å². The molecule has 22 heavy (non-hydrogen) atoms. The molecule has 0 fully saturated rings. The molecule has 2 rings (SSSR count). The molecule has 1 heterocycles. The van der Waals surface area contributed by atoms with E-state index < -0.39 is 29.8 Å². The van der Waals surface area contributed by atoms with Crippen LogP contribution in [-0.2, 0) is 20.8 Å². The van der Waals surface area contributed by atoms with Crippen molar-refractivity contribution in [2.75, 3.05) is 0 Å². The number of aromatic nitrogens is 1. The number of hydrogen-bond acceptors (Lipinski definition) is 4. The smallest absolute Gasteiger partial charge is 0.341 e. The summed E-state index contributed by atoms with van der Waals surface area (Å²) in [4.78, 5) is 38.3. The van der Waals surface area contributed by atoms with Crippen molar-refractivity contribution in [2.45, 2.75) is 18.9 Å². The summed E-state index contributed by atoms with van der Waals surface area (Å²) in [6.07, 6.45) is 1.000. The molecule has 0 radical (unpaired) electrons. The lowest BCUT2D eigenvalue weighted by molar-refractivity contribution is -0.161. The zero-order valence-electron chi connectivity index (χ0n) is 11.7. The van der Waals surface area contributed by atoms with Crippen LogP contribution in [0.2, 0.25) is 0 Å². The van der Waals surface area contributed by atoms with Gasteiger partial charge in [-0.05, 0) is 17.7 Å². The summed E-state index contributed by atoms with van der Waals surface area (Å²) < 4.78 is 0. The molecule has 0 aliphatic heterocycles. The van der Waals surface area contributed by atoms with E-state index >= 15 is 0 Å². The molecular formula is C15H14N2O5. The molecule has 0 bridgehead atoms. The molecule has 0 spiro atoms. The Balaban J connectivity index is 2.46. The van der Waals surface area contributed by atoms with Gasteiger partial charge in [0, 0.05) is 24.9 Å². The second kappa shape index (κ2) is 5.80. The Morgan fingerprint density at radius 2 is 1.82 bits per heavy atom. The number of carboxylic acids is 2. The Bertz CT molecular complexity index is 742. The van der Waals surface area contributed by atoms with Crippen LogP contribution in [0, 0.1) is 0 Å². The number of pyridine rings is 1. The fourth-order valence-electron chi connectivity index (χ4n) is 2.21. The molecular weight excluding hydrogens is 288 g/mol. The summed E-state index contributed by atoms with van der Waals surface area (Å²) in [6.45, 7) is 1.07. The summed E-state index contributed by atoms with van der Waals surface area (Å²) in [5, 5.41) is 21.4. The van der Waals surface area contributed by atoms with Gasteiger partial charge in [-0.2, -0.15) is 0 Å². The van der Waals surface area contributed by atoms with Gasteiger partial charge in [-0.3, -0.25) is 9.78 Å². The fraction of sp³-hybridized carbons (Fsp3) is 0.200. The number of aliphatic carboxylic acids is 2. The van der Waals surface area contributed by atoms with E-state index in [2.05, 4.69) is 4.98 Å². The first-order valence-electron chi connectivity index (χ1n) is 6.44. The Morgan fingerprint density at radius 1 is 1.18 bits per heavy atom. The largest absolute Gasteiger partial charge is 0.479 e. The average molecular weight is 302 g/mol. The highest BCUT2D eigenvalue weighted by Gasteiger charge is 2.47. The van der Waals surface area contributed by atoms with E-state index in [1.165, 1.54) is 6.20 Å². The minimum absolute atomic E-state index is 0.400. The van der Waals surface area contributed by atoms with Crippen molar-refractivity contribution >= 4 is 28.7 Å². The molecule has 1 aromatic heterocycles. The van der Waals surface area contributed by atoms with Crippen molar-refractivity contribution in [3.8, 4) is 0 Å². The van der Waals surface area contributed by atoms with E-state index in [1.807, 2.05) is 11.4 Å². The highest BCUT2D eigenvalue weighted by atomic mass is 16.4. The number of nitrogens with zero attached hydrogens (tertiary/aromatic N) is 1. The van der Waals surface area contributed by atoms with Gasteiger partial charge in [0.05, 0.1) is 5.52 Å². The van der Waals surface area contributed by atoms with Crippen LogP contribution in [0.4, 0.5) is 0 Å². The molecule has 2 aromatic rings. The van der Waals surface area contributed by atoms with Crippen molar-refractivity contribution in [3.05, 3.63) is 42.1 Å². The molecule has 7 nitrogen and oxygen atoms in total. The van der Waals surface area contributed by atoms with E-state index in [-0.39, 0.29) is 0 Å². The minimum atomic E-state index is -2.42. The molecule has 0 atom stereocenters. The maximum Gasteiger partial charge on any atom is 0.341 e. The Hall–Kier alpha value is -2.96. The van der Waals surface area contributed by atoms with Crippen LogP contribution >= 0.6 is 0 Å². The predicted molar refractivity (Wildman–Crippen MR) is 77.3 cm³/mol. The molecule has 1 aromatic carbocycles. The molecule has 114 valence electrons. The minimum Gasteiger partial charge on any atom is -0.479 e. The number of para-hydroxylation sites is 1. The van der Waals surface area contributed by atoms with Gasteiger partial charge >= 0.3 is 11.9 Å². The zero-order valence-corrected chi connectivity index (χ0v) is 11.7. The number of nitrogens with one attached hydrogen (secondary N) is 1. The monoisotopic (exact) mass is 302 g/mol. The number of carbonyl (C=O) groups is 3. The van der Waals surface area contributed by atoms with Crippen molar-refractivity contribution < 1.29 is 24.6 Å². The molecule has 0 aliphatic carbocycles. The maximum absolute atomic E-state index is 11.5. The lowest BCUT2D eigenvalue weighted by atomic mass is 9.91. The van der Waals surface area contributed by atoms with Gasteiger partial charge in [-0.15, -0.1) is 0 Å². The van der Waals surface area contributed by atoms with Crippen molar-refractivity contribution in [3.63, 3.8) is 0 Å². The first kappa shape index (κ1) is 15.4. The number of rotatable bonds is 5. The molecule has 1 amide bonds. The second-order valence-corrected chi connectivity index (χ2v) is 4.91. The van der Waals surface area contributed by atoms with Crippen LogP contribution in [0.1, 0.15) is 12.5 Å². The number of carbonyl (C=O) groups excluding carboxylic acids is 1. The molecule has 0 aliphatic rings. The van der Waals surface area contributed by atoms with Crippen molar-refractivity contribution in [2.24, 2.45) is 0 Å². The van der Waals surface area contributed by atoms with Gasteiger partial charge in [0.15, 0.2) is 0 Å². The highest BCUT2D eigenvalue weighted by Crippen LogP contribution is 2.19. The van der Waals surface area contributed by atoms with Crippen LogP contribution in [0.5, 0.6) is 0 Å². The third-order valence-corrected chi connectivity index (χ3v) is 3.24. The van der Waals surface area contributed by atoms with Gasteiger partial charge in [-0.1, -0.05) is 18.2 Å². The summed E-state index contributed by atoms with van der Waals surface area (Å²) in [5.41, 5.74) is -1.31. The molecule has 3 N–H and O–H groups in total. The van der Waals surface area contributed by atoms with Gasteiger partial charge < -0.3 is 15.5 Å². The standard InChI is InChI=1S/C15H14N2O5/c1-9(18)17-15(13(19)20,14(21)22)7-10-6-11-4-2-3-5-12(11)16-8-10/h2-6,8H,7H2,1H3,(H,17,18)(H,19,20)(H,21,22). The third kappa shape index (κ3) is 2.88. The lowest BCUT2D eigenvalue weighted by Gasteiger charge is -2.25. The number of fused-ring (bicyclic) bond motifs is 1. The van der Waals surface area contributed by atoms with E-state index in [9.17, 15) is 24.6 Å². The van der Waals surface area contributed by atoms with Crippen molar-refractivity contribution in [1.82, 2.24) is 10.3 Å². The van der Waals surface area contributed by atoms with E-state index in [0.717, 1.165) is 12.3 Å². The van der Waals surface area contributed by atoms with Crippen LogP contribution < -0.4 is 5.32 Å². The summed E-state index contributed by atoms with van der Waals surface area (Å²) in [5.74, 6) is -4.01. The summed E-state index contributed by atoms with van der Waals surface area (Å²) in [6, 6.07) is 8.83. The van der Waals surface area contributed by atoms with Gasteiger partial charge in [0.2, 0.25) is 11.4 Å². The normalized spacial score (nSPS) is 11.1. The van der Waals surface area contributed by atoms with Crippen LogP contribution in [0.15, 0.2) is 36.5 Å². The van der Waals surface area contributed by atoms with Crippen LogP contribution in [-0.4, -0.2) is 38.6 Å². The number of hydrogen-bond donors (Lipinski definition) is 3. The van der Waals surface area contributed by atoms with Gasteiger partial charge in [0.25, 0.3) is 0 Å². The Kier molecular flexibility index (Phi) is 4.07. The van der Waals surface area contributed by atoms with E-state index in [1.54, 1.807) is 24.3 Å². The van der Waals surface area contributed by atoms with Crippen LogP contribution in [0.3, 0.4) is 0 Å². The third-order valence-electron chi connectivity index (χ3n) is 3.24. The fourth-order valence-corrected chi connectivity index (χ4v) is 2.21. The van der Waals surface area contributed by atoms with Crippen molar-refractivity contribution in [1.29, 1.82) is 0 Å². The van der Waals surface area contributed by atoms with E-state index in [4.69, 9.17) is 0 Å². The van der Waals surface area contributed by atoms with Gasteiger partial charge in [0.1, 0.15) is 0 Å². The molecule has 0 saturated carbocycles. The second-order valence-electron chi connectivity index (χ2n) is 4.91. The van der Waals surface area contributed by atoms with E-state index in [0.29, 0.717) is 11.1 Å². The maximum atomic E-state index is 11.5. The SMILES string of the molecule is CC(=O)NC(Cc1cnc2ccccc2c1)(C(=O)O)C(=O)O. The summed E-state index contributed by atoms with van der Waals surface area (Å²) in [7, 11) is 0. The van der Waals surface area contributed by atoms with Gasteiger partial charge in [-0.25, -0.2) is 9.59 Å². The number of benzene rings is 1. The quantitative estimate of drug-likeness (QED) is 0.704. The zero-order chi connectivity index (χ0) is 16.3. The first-order valence-corrected chi connectivity index (χ1v) is 6.44. The molecule has 0 unspecified atom stereocenters. The summed E-state index contributed by atoms with van der Waals surface area (Å²) >= 11 is 0. The topological polar surface area (TPSA) is 117 Å². The van der Waals surface area contributed by atoms with Crippen LogP contribution in [0.25, 0.3) is 10.9 Å². The predicted octanol–water partition coefficient (Wildman–Crippen LogP) is 0.821. The average Bonchev–Trinajstić information content (AvgIpc) is 2.45. The molecule has 7 heteroatoms.